The molecule has 0 aliphatic carbocycles. The van der Waals surface area contributed by atoms with Crippen LogP contribution in [0.5, 0.6) is 0 Å². The molecule has 2 aliphatic heterocycles. The molecule has 2 heterocycles. The number of piperazine rings is 1. The number of thiocarbonyl (C=S) groups is 2. The molecule has 3 rings (SSSR count). The molecule has 0 saturated carbocycles. The molecule has 8 heteroatoms. The van der Waals surface area contributed by atoms with Crippen molar-refractivity contribution in [2.45, 2.75) is 37.8 Å². The van der Waals surface area contributed by atoms with Gasteiger partial charge in [0, 0.05) is 55.5 Å². The fourth-order valence-corrected chi connectivity index (χ4v) is 5.03. The van der Waals surface area contributed by atoms with Gasteiger partial charge in [0.1, 0.15) is 11.9 Å². The Bertz CT molecular complexity index is 756. The van der Waals surface area contributed by atoms with Gasteiger partial charge in [0.2, 0.25) is 0 Å². The van der Waals surface area contributed by atoms with Crippen molar-refractivity contribution in [3.05, 3.63) is 29.3 Å². The first-order chi connectivity index (χ1) is 13.3. The van der Waals surface area contributed by atoms with E-state index in [-0.39, 0.29) is 5.60 Å². The van der Waals surface area contributed by atoms with Gasteiger partial charge in [0.25, 0.3) is 5.17 Å². The Labute approximate surface area is 182 Å². The molecule has 1 saturated heterocycles. The summed E-state index contributed by atoms with van der Waals surface area (Å²) < 4.78 is 5.83. The second-order valence-electron chi connectivity index (χ2n) is 7.99. The number of ether oxygens (including phenoxy) is 1. The van der Waals surface area contributed by atoms with Gasteiger partial charge in [-0.1, -0.05) is 6.07 Å². The van der Waals surface area contributed by atoms with E-state index in [0.29, 0.717) is 10.7 Å². The van der Waals surface area contributed by atoms with Crippen molar-refractivity contribution >= 4 is 52.8 Å². The molecule has 28 heavy (non-hydrogen) atoms. The predicted molar refractivity (Wildman–Crippen MR) is 122 cm³/mol. The van der Waals surface area contributed by atoms with Crippen LogP contribution >= 0.6 is 36.2 Å². The van der Waals surface area contributed by atoms with Gasteiger partial charge in [-0.2, -0.15) is 0 Å². The lowest BCUT2D eigenvalue weighted by atomic mass is 10.1. The van der Waals surface area contributed by atoms with Crippen molar-refractivity contribution in [2.24, 2.45) is 0 Å². The van der Waals surface area contributed by atoms with Crippen LogP contribution in [0.4, 0.5) is 0 Å². The van der Waals surface area contributed by atoms with Crippen molar-refractivity contribution in [3.8, 4) is 0 Å². The summed E-state index contributed by atoms with van der Waals surface area (Å²) in [5.41, 5.74) is 1.61. The number of carbonyl (C=O) groups is 1. The second-order valence-corrected chi connectivity index (χ2v) is 9.84. The highest BCUT2D eigenvalue weighted by Gasteiger charge is 2.27. The molecule has 0 aromatic heterocycles. The highest BCUT2D eigenvalue weighted by molar-refractivity contribution is 7.99. The SMILES string of the molecule is CC(C)(C)OC(=S)N1CCN(C(=S)N2CCSc3ccc(C=O)cc3C2)CC1. The standard InChI is InChI=1S/C20H27N3O2S3/c1-20(2,3)25-19(27)22-8-6-21(7-9-22)18(26)23-10-11-28-17-5-4-15(14-24)12-16(17)13-23/h4-5,12,14H,6-11,13H2,1-3H3. The van der Waals surface area contributed by atoms with E-state index >= 15 is 0 Å². The minimum absolute atomic E-state index is 0.277. The van der Waals surface area contributed by atoms with E-state index in [1.165, 1.54) is 10.5 Å². The molecule has 1 aromatic carbocycles. The van der Waals surface area contributed by atoms with Crippen LogP contribution in [0.1, 0.15) is 36.7 Å². The molecular weight excluding hydrogens is 410 g/mol. The molecule has 5 nitrogen and oxygen atoms in total. The third-order valence-corrected chi connectivity index (χ3v) is 6.63. The lowest BCUT2D eigenvalue weighted by molar-refractivity contribution is 0.0853. The molecule has 0 unspecified atom stereocenters. The number of thioether (sulfide) groups is 1. The predicted octanol–water partition coefficient (Wildman–Crippen LogP) is 3.41. The smallest absolute Gasteiger partial charge is 0.259 e. The average molecular weight is 438 g/mol. The zero-order valence-corrected chi connectivity index (χ0v) is 19.1. The number of hydrogen-bond acceptors (Lipinski definition) is 5. The van der Waals surface area contributed by atoms with Crippen LogP contribution < -0.4 is 0 Å². The number of benzene rings is 1. The number of hydrogen-bond donors (Lipinski definition) is 0. The molecule has 0 bridgehead atoms. The minimum atomic E-state index is -0.277. The van der Waals surface area contributed by atoms with Crippen LogP contribution in [0.15, 0.2) is 23.1 Å². The van der Waals surface area contributed by atoms with Crippen LogP contribution in [0.2, 0.25) is 0 Å². The summed E-state index contributed by atoms with van der Waals surface area (Å²) in [7, 11) is 0. The first-order valence-electron chi connectivity index (χ1n) is 9.49. The van der Waals surface area contributed by atoms with E-state index in [9.17, 15) is 4.79 Å². The minimum Gasteiger partial charge on any atom is -0.465 e. The molecule has 0 spiro atoms. The number of nitrogens with zero attached hydrogens (tertiary/aromatic N) is 3. The summed E-state index contributed by atoms with van der Waals surface area (Å²) >= 11 is 13.1. The van der Waals surface area contributed by atoms with Crippen molar-refractivity contribution in [3.63, 3.8) is 0 Å². The zero-order valence-electron chi connectivity index (χ0n) is 16.6. The molecule has 0 radical (unpaired) electrons. The Kier molecular flexibility index (Phi) is 6.83. The van der Waals surface area contributed by atoms with Crippen molar-refractivity contribution < 1.29 is 9.53 Å². The fraction of sp³-hybridized carbons (Fsp3) is 0.550. The fourth-order valence-electron chi connectivity index (χ4n) is 3.26. The molecule has 2 aliphatic rings. The molecule has 1 fully saturated rings. The second kappa shape index (κ2) is 8.97. The van der Waals surface area contributed by atoms with Crippen LogP contribution in [-0.4, -0.2) is 75.4 Å². The number of aldehydes is 1. The van der Waals surface area contributed by atoms with Gasteiger partial charge >= 0.3 is 0 Å². The van der Waals surface area contributed by atoms with Crippen molar-refractivity contribution in [2.75, 3.05) is 38.5 Å². The Balaban J connectivity index is 1.60. The van der Waals surface area contributed by atoms with E-state index in [1.807, 2.05) is 50.7 Å². The van der Waals surface area contributed by atoms with Crippen LogP contribution in [0, 0.1) is 0 Å². The summed E-state index contributed by atoms with van der Waals surface area (Å²) in [4.78, 5) is 19.0. The Morgan fingerprint density at radius 2 is 1.75 bits per heavy atom. The normalized spacial score (nSPS) is 17.6. The molecular formula is C20H27N3O2S3. The number of rotatable bonds is 1. The Morgan fingerprint density at radius 1 is 1.07 bits per heavy atom. The van der Waals surface area contributed by atoms with E-state index in [0.717, 1.165) is 56.4 Å². The maximum Gasteiger partial charge on any atom is 0.259 e. The molecule has 1 aromatic rings. The maximum atomic E-state index is 11.1. The van der Waals surface area contributed by atoms with Gasteiger partial charge < -0.3 is 19.4 Å². The van der Waals surface area contributed by atoms with Gasteiger partial charge in [-0.15, -0.1) is 11.8 Å². The number of carbonyl (C=O) groups excluding carboxylic acids is 1. The van der Waals surface area contributed by atoms with Gasteiger partial charge in [0.15, 0.2) is 5.11 Å². The van der Waals surface area contributed by atoms with Crippen LogP contribution in [0.3, 0.4) is 0 Å². The lowest BCUT2D eigenvalue weighted by Gasteiger charge is -2.40. The van der Waals surface area contributed by atoms with E-state index < -0.39 is 0 Å². The molecule has 0 N–H and O–H groups in total. The van der Waals surface area contributed by atoms with E-state index in [2.05, 4.69) is 14.7 Å². The molecule has 152 valence electrons. The third kappa shape index (κ3) is 5.36. The largest absolute Gasteiger partial charge is 0.465 e. The monoisotopic (exact) mass is 437 g/mol. The van der Waals surface area contributed by atoms with Crippen LogP contribution in [-0.2, 0) is 11.3 Å². The van der Waals surface area contributed by atoms with Crippen molar-refractivity contribution in [1.82, 2.24) is 14.7 Å². The lowest BCUT2D eigenvalue weighted by Crippen LogP contribution is -2.54. The zero-order chi connectivity index (χ0) is 20.3. The molecule has 0 amide bonds. The summed E-state index contributed by atoms with van der Waals surface area (Å²) in [6.45, 7) is 11.0. The first kappa shape index (κ1) is 21.3. The Hall–Kier alpha value is -1.38. The first-order valence-corrected chi connectivity index (χ1v) is 11.3. The summed E-state index contributed by atoms with van der Waals surface area (Å²) in [6.07, 6.45) is 0.903. The molecule has 0 atom stereocenters. The topological polar surface area (TPSA) is 36.0 Å². The van der Waals surface area contributed by atoms with Crippen molar-refractivity contribution in [1.29, 1.82) is 0 Å². The average Bonchev–Trinajstić information content (AvgIpc) is 2.87. The van der Waals surface area contributed by atoms with E-state index in [1.54, 1.807) is 0 Å². The van der Waals surface area contributed by atoms with Gasteiger partial charge in [0.05, 0.1) is 0 Å². The Morgan fingerprint density at radius 3 is 2.39 bits per heavy atom. The third-order valence-electron chi connectivity index (χ3n) is 4.67. The van der Waals surface area contributed by atoms with E-state index in [4.69, 9.17) is 29.2 Å². The summed E-state index contributed by atoms with van der Waals surface area (Å²) in [5.74, 6) is 0.983. The highest BCUT2D eigenvalue weighted by Crippen LogP contribution is 2.28. The maximum absolute atomic E-state index is 11.1. The van der Waals surface area contributed by atoms with Crippen LogP contribution in [0.25, 0.3) is 0 Å². The van der Waals surface area contributed by atoms with Gasteiger partial charge in [-0.05, 0) is 62.9 Å². The van der Waals surface area contributed by atoms with Gasteiger partial charge in [-0.3, -0.25) is 4.79 Å². The highest BCUT2D eigenvalue weighted by atomic mass is 32.2. The summed E-state index contributed by atoms with van der Waals surface area (Å²) in [5, 5.41) is 1.45. The quantitative estimate of drug-likeness (QED) is 0.489. The summed E-state index contributed by atoms with van der Waals surface area (Å²) in [6, 6.07) is 5.91. The van der Waals surface area contributed by atoms with Gasteiger partial charge in [-0.25, -0.2) is 0 Å². The number of fused-ring (bicyclic) bond motifs is 1.